The van der Waals surface area contributed by atoms with E-state index in [1.807, 2.05) is 0 Å². The van der Waals surface area contributed by atoms with Gasteiger partial charge >= 0.3 is 0 Å². The summed E-state index contributed by atoms with van der Waals surface area (Å²) in [6.45, 7) is 1.83. The van der Waals surface area contributed by atoms with Crippen molar-refractivity contribution in [3.8, 4) is 0 Å². The number of aliphatic hydroxyl groups is 1. The smallest absolute Gasteiger partial charge is 0.216 e. The molecule has 0 heterocycles. The lowest BCUT2D eigenvalue weighted by Gasteiger charge is -2.20. The maximum absolute atomic E-state index is 13.8. The predicted molar refractivity (Wildman–Crippen MR) is 79.7 cm³/mol. The lowest BCUT2D eigenvalue weighted by atomic mass is 10.0. The SMILES string of the molecule is Cc1ccc(CS(=O)(=O)N[C@@H]2CCC[C@H]2CCO)c(F)c1. The Bertz CT molecular complexity index is 589. The highest BCUT2D eigenvalue weighted by molar-refractivity contribution is 7.88. The van der Waals surface area contributed by atoms with Crippen molar-refractivity contribution in [2.24, 2.45) is 5.92 Å². The normalized spacial score (nSPS) is 22.6. The van der Waals surface area contributed by atoms with Gasteiger partial charge in [-0.05, 0) is 43.7 Å². The number of aliphatic hydroxyl groups excluding tert-OH is 1. The molecule has 21 heavy (non-hydrogen) atoms. The molecule has 1 fully saturated rings. The first kappa shape index (κ1) is 16.4. The third kappa shape index (κ3) is 4.49. The van der Waals surface area contributed by atoms with E-state index in [0.717, 1.165) is 24.8 Å². The summed E-state index contributed by atoms with van der Waals surface area (Å²) in [5.41, 5.74) is 0.949. The second-order valence-corrected chi connectivity index (χ2v) is 7.54. The minimum Gasteiger partial charge on any atom is -0.396 e. The fourth-order valence-electron chi connectivity index (χ4n) is 2.95. The second-order valence-electron chi connectivity index (χ2n) is 5.78. The largest absolute Gasteiger partial charge is 0.396 e. The molecule has 0 spiro atoms. The molecule has 0 saturated heterocycles. The Kier molecular flexibility index (Phi) is 5.35. The minimum absolute atomic E-state index is 0.0650. The van der Waals surface area contributed by atoms with E-state index in [1.165, 1.54) is 12.1 Å². The second kappa shape index (κ2) is 6.85. The van der Waals surface area contributed by atoms with E-state index in [9.17, 15) is 12.8 Å². The van der Waals surface area contributed by atoms with Crippen LogP contribution in [0.2, 0.25) is 0 Å². The number of nitrogens with one attached hydrogen (secondary N) is 1. The van der Waals surface area contributed by atoms with Crippen LogP contribution in [-0.2, 0) is 15.8 Å². The van der Waals surface area contributed by atoms with Crippen molar-refractivity contribution in [1.82, 2.24) is 4.72 Å². The molecule has 0 aromatic heterocycles. The monoisotopic (exact) mass is 315 g/mol. The van der Waals surface area contributed by atoms with Crippen LogP contribution >= 0.6 is 0 Å². The maximum Gasteiger partial charge on any atom is 0.216 e. The zero-order valence-corrected chi connectivity index (χ0v) is 13.0. The van der Waals surface area contributed by atoms with Crippen LogP contribution < -0.4 is 4.72 Å². The van der Waals surface area contributed by atoms with Gasteiger partial charge in [0.05, 0.1) is 5.75 Å². The van der Waals surface area contributed by atoms with Crippen molar-refractivity contribution in [2.45, 2.75) is 44.4 Å². The fraction of sp³-hybridized carbons (Fsp3) is 0.600. The van der Waals surface area contributed by atoms with Crippen molar-refractivity contribution in [3.63, 3.8) is 0 Å². The summed E-state index contributed by atoms with van der Waals surface area (Å²) in [6.07, 6.45) is 3.26. The van der Waals surface area contributed by atoms with Gasteiger partial charge in [0.15, 0.2) is 0 Å². The summed E-state index contributed by atoms with van der Waals surface area (Å²) in [5.74, 6) is -0.659. The molecule has 1 aromatic rings. The number of sulfonamides is 1. The molecule has 1 aliphatic rings. The van der Waals surface area contributed by atoms with Crippen molar-refractivity contribution in [1.29, 1.82) is 0 Å². The molecule has 0 aliphatic heterocycles. The molecule has 2 rings (SSSR count). The topological polar surface area (TPSA) is 66.4 Å². The van der Waals surface area contributed by atoms with Gasteiger partial charge in [-0.1, -0.05) is 18.6 Å². The molecule has 6 heteroatoms. The first-order chi connectivity index (χ1) is 9.91. The fourth-order valence-corrected chi connectivity index (χ4v) is 4.45. The van der Waals surface area contributed by atoms with Crippen LogP contribution in [0.1, 0.15) is 36.8 Å². The molecule has 2 atom stereocenters. The quantitative estimate of drug-likeness (QED) is 0.845. The molecule has 0 amide bonds. The van der Waals surface area contributed by atoms with E-state index in [1.54, 1.807) is 13.0 Å². The maximum atomic E-state index is 13.8. The Morgan fingerprint density at radius 1 is 1.38 bits per heavy atom. The highest BCUT2D eigenvalue weighted by Crippen LogP contribution is 2.29. The zero-order chi connectivity index (χ0) is 15.5. The van der Waals surface area contributed by atoms with Gasteiger partial charge in [-0.3, -0.25) is 0 Å². The lowest BCUT2D eigenvalue weighted by molar-refractivity contribution is 0.248. The Balaban J connectivity index is 2.04. The van der Waals surface area contributed by atoms with Gasteiger partial charge in [0.1, 0.15) is 5.82 Å². The molecule has 1 aliphatic carbocycles. The summed E-state index contributed by atoms with van der Waals surface area (Å²) < 4.78 is 40.8. The van der Waals surface area contributed by atoms with Gasteiger partial charge in [-0.2, -0.15) is 0 Å². The number of halogens is 1. The Labute approximate surface area is 125 Å². The molecule has 118 valence electrons. The van der Waals surface area contributed by atoms with Crippen LogP contribution in [0.25, 0.3) is 0 Å². The summed E-state index contributed by atoms with van der Waals surface area (Å²) in [6, 6.07) is 4.42. The summed E-state index contributed by atoms with van der Waals surface area (Å²) in [4.78, 5) is 0. The molecule has 1 saturated carbocycles. The van der Waals surface area contributed by atoms with Crippen molar-refractivity contribution >= 4 is 10.0 Å². The summed E-state index contributed by atoms with van der Waals surface area (Å²) in [5, 5.41) is 9.01. The lowest BCUT2D eigenvalue weighted by Crippen LogP contribution is -2.38. The summed E-state index contributed by atoms with van der Waals surface area (Å²) >= 11 is 0. The molecule has 0 radical (unpaired) electrons. The third-order valence-corrected chi connectivity index (χ3v) is 5.40. The minimum atomic E-state index is -3.58. The van der Waals surface area contributed by atoms with Crippen LogP contribution in [0, 0.1) is 18.7 Å². The van der Waals surface area contributed by atoms with Crippen molar-refractivity contribution < 1.29 is 17.9 Å². The van der Waals surface area contributed by atoms with Gasteiger partial charge in [0, 0.05) is 18.2 Å². The van der Waals surface area contributed by atoms with Gasteiger partial charge in [0.25, 0.3) is 0 Å². The number of rotatable bonds is 6. The van der Waals surface area contributed by atoms with Crippen LogP contribution in [-0.4, -0.2) is 26.2 Å². The Morgan fingerprint density at radius 3 is 2.81 bits per heavy atom. The van der Waals surface area contributed by atoms with E-state index < -0.39 is 15.8 Å². The number of hydrogen-bond donors (Lipinski definition) is 2. The number of aryl methyl sites for hydroxylation is 1. The van der Waals surface area contributed by atoms with Crippen LogP contribution in [0.15, 0.2) is 18.2 Å². The molecule has 2 N–H and O–H groups in total. The average Bonchev–Trinajstić information content (AvgIpc) is 2.80. The number of hydrogen-bond acceptors (Lipinski definition) is 3. The molecule has 1 aromatic carbocycles. The third-order valence-electron chi connectivity index (χ3n) is 4.04. The predicted octanol–water partition coefficient (Wildman–Crippen LogP) is 2.10. The van der Waals surface area contributed by atoms with Crippen LogP contribution in [0.5, 0.6) is 0 Å². The molecule has 4 nitrogen and oxygen atoms in total. The highest BCUT2D eigenvalue weighted by Gasteiger charge is 2.30. The first-order valence-corrected chi connectivity index (χ1v) is 8.92. The van der Waals surface area contributed by atoms with E-state index >= 15 is 0 Å². The summed E-state index contributed by atoms with van der Waals surface area (Å²) in [7, 11) is -3.58. The average molecular weight is 315 g/mol. The van der Waals surface area contributed by atoms with Gasteiger partial charge in [0.2, 0.25) is 10.0 Å². The van der Waals surface area contributed by atoms with Crippen molar-refractivity contribution in [2.75, 3.05) is 6.61 Å². The molecular weight excluding hydrogens is 293 g/mol. The van der Waals surface area contributed by atoms with Crippen molar-refractivity contribution in [3.05, 3.63) is 35.1 Å². The van der Waals surface area contributed by atoms with Gasteiger partial charge < -0.3 is 5.11 Å². The van der Waals surface area contributed by atoms with Crippen LogP contribution in [0.4, 0.5) is 4.39 Å². The molecule has 0 unspecified atom stereocenters. The molecular formula is C15H22FNO3S. The Hall–Kier alpha value is -0.980. The van der Waals surface area contributed by atoms with E-state index in [-0.39, 0.29) is 29.9 Å². The first-order valence-electron chi connectivity index (χ1n) is 7.27. The van der Waals surface area contributed by atoms with Gasteiger partial charge in [-0.15, -0.1) is 0 Å². The van der Waals surface area contributed by atoms with E-state index in [0.29, 0.717) is 6.42 Å². The standard InChI is InChI=1S/C15H22FNO3S/c1-11-5-6-13(14(16)9-11)10-21(19,20)17-15-4-2-3-12(15)7-8-18/h5-6,9,12,15,17-18H,2-4,7-8,10H2,1H3/t12-,15+/m0/s1. The van der Waals surface area contributed by atoms with Crippen LogP contribution in [0.3, 0.4) is 0 Å². The zero-order valence-electron chi connectivity index (χ0n) is 12.2. The van der Waals surface area contributed by atoms with Gasteiger partial charge in [-0.25, -0.2) is 17.5 Å². The number of benzene rings is 1. The Morgan fingerprint density at radius 2 is 2.14 bits per heavy atom. The van der Waals surface area contributed by atoms with E-state index in [4.69, 9.17) is 5.11 Å². The molecule has 0 bridgehead atoms. The highest BCUT2D eigenvalue weighted by atomic mass is 32.2. The van der Waals surface area contributed by atoms with E-state index in [2.05, 4.69) is 4.72 Å².